The van der Waals surface area contributed by atoms with Gasteiger partial charge in [-0.05, 0) is 58.2 Å². The molecule has 0 aliphatic rings. The van der Waals surface area contributed by atoms with E-state index in [9.17, 15) is 4.79 Å². The van der Waals surface area contributed by atoms with Crippen molar-refractivity contribution in [3.63, 3.8) is 0 Å². The molecule has 0 radical (unpaired) electrons. The maximum atomic E-state index is 12.6. The Hall–Kier alpha value is -1.53. The van der Waals surface area contributed by atoms with Gasteiger partial charge in [-0.2, -0.15) is 0 Å². The molecule has 1 unspecified atom stereocenters. The van der Waals surface area contributed by atoms with Gasteiger partial charge >= 0.3 is 0 Å². The van der Waals surface area contributed by atoms with Crippen LogP contribution in [-0.2, 0) is 4.79 Å². The molecule has 0 saturated heterocycles. The molecule has 23 heavy (non-hydrogen) atoms. The SMILES string of the molecule is COc1ccc(NC(=O)C(Sc2ncccc2Br)C(C)C)cc1. The molecule has 0 bridgehead atoms. The number of rotatable bonds is 6. The Morgan fingerprint density at radius 1 is 1.26 bits per heavy atom. The molecule has 1 aromatic carbocycles. The average molecular weight is 395 g/mol. The van der Waals surface area contributed by atoms with Crippen LogP contribution in [0.25, 0.3) is 0 Å². The van der Waals surface area contributed by atoms with E-state index in [-0.39, 0.29) is 17.1 Å². The van der Waals surface area contributed by atoms with Crippen LogP contribution in [0.15, 0.2) is 52.1 Å². The Morgan fingerprint density at radius 2 is 1.96 bits per heavy atom. The molecule has 2 aromatic rings. The summed E-state index contributed by atoms with van der Waals surface area (Å²) in [4.78, 5) is 17.0. The van der Waals surface area contributed by atoms with Gasteiger partial charge in [-0.1, -0.05) is 25.6 Å². The number of hydrogen-bond acceptors (Lipinski definition) is 4. The number of anilines is 1. The van der Waals surface area contributed by atoms with E-state index in [0.29, 0.717) is 0 Å². The molecule has 4 nitrogen and oxygen atoms in total. The van der Waals surface area contributed by atoms with E-state index in [0.717, 1.165) is 20.9 Å². The summed E-state index contributed by atoms with van der Waals surface area (Å²) in [5.74, 6) is 0.898. The van der Waals surface area contributed by atoms with E-state index in [4.69, 9.17) is 4.74 Å². The van der Waals surface area contributed by atoms with E-state index in [2.05, 4.69) is 26.2 Å². The first-order valence-electron chi connectivity index (χ1n) is 7.23. The van der Waals surface area contributed by atoms with Crippen LogP contribution in [-0.4, -0.2) is 23.3 Å². The molecule has 1 atom stereocenters. The third-order valence-electron chi connectivity index (χ3n) is 3.18. The van der Waals surface area contributed by atoms with Crippen molar-refractivity contribution in [2.75, 3.05) is 12.4 Å². The van der Waals surface area contributed by atoms with Crippen LogP contribution in [0, 0.1) is 5.92 Å². The lowest BCUT2D eigenvalue weighted by molar-refractivity contribution is -0.116. The van der Waals surface area contributed by atoms with Crippen molar-refractivity contribution >= 4 is 39.3 Å². The summed E-state index contributed by atoms with van der Waals surface area (Å²) in [6, 6.07) is 11.1. The fraction of sp³-hybridized carbons (Fsp3) is 0.294. The summed E-state index contributed by atoms with van der Waals surface area (Å²) in [6.45, 7) is 4.06. The highest BCUT2D eigenvalue weighted by Crippen LogP contribution is 2.32. The number of pyridine rings is 1. The van der Waals surface area contributed by atoms with E-state index >= 15 is 0 Å². The van der Waals surface area contributed by atoms with Gasteiger partial charge in [-0.15, -0.1) is 0 Å². The standard InChI is InChI=1S/C17H19BrN2O2S/c1-11(2)15(23-17-14(18)5-4-10-19-17)16(21)20-12-6-8-13(22-3)9-7-12/h4-11,15H,1-3H3,(H,20,21). The summed E-state index contributed by atoms with van der Waals surface area (Å²) in [7, 11) is 1.61. The molecule has 122 valence electrons. The predicted molar refractivity (Wildman–Crippen MR) is 98.0 cm³/mol. The highest BCUT2D eigenvalue weighted by molar-refractivity contribution is 9.10. The summed E-state index contributed by atoms with van der Waals surface area (Å²) < 4.78 is 6.02. The van der Waals surface area contributed by atoms with E-state index < -0.39 is 0 Å². The highest BCUT2D eigenvalue weighted by atomic mass is 79.9. The van der Waals surface area contributed by atoms with Crippen LogP contribution < -0.4 is 10.1 Å². The lowest BCUT2D eigenvalue weighted by Gasteiger charge is -2.20. The van der Waals surface area contributed by atoms with Gasteiger partial charge < -0.3 is 10.1 Å². The van der Waals surface area contributed by atoms with E-state index in [1.807, 2.05) is 50.2 Å². The monoisotopic (exact) mass is 394 g/mol. The average Bonchev–Trinajstić information content (AvgIpc) is 2.54. The van der Waals surface area contributed by atoms with Crippen molar-refractivity contribution in [3.8, 4) is 5.75 Å². The normalized spacial score (nSPS) is 12.0. The van der Waals surface area contributed by atoms with Crippen molar-refractivity contribution in [2.24, 2.45) is 5.92 Å². The maximum absolute atomic E-state index is 12.6. The van der Waals surface area contributed by atoms with Crippen LogP contribution in [0.1, 0.15) is 13.8 Å². The number of benzene rings is 1. The lowest BCUT2D eigenvalue weighted by atomic mass is 10.1. The number of halogens is 1. The molecule has 1 N–H and O–H groups in total. The van der Waals surface area contributed by atoms with Gasteiger partial charge in [-0.3, -0.25) is 4.79 Å². The van der Waals surface area contributed by atoms with Gasteiger partial charge in [0.2, 0.25) is 5.91 Å². The maximum Gasteiger partial charge on any atom is 0.238 e. The quantitative estimate of drug-likeness (QED) is 0.726. The van der Waals surface area contributed by atoms with Crippen molar-refractivity contribution in [2.45, 2.75) is 24.1 Å². The number of aromatic nitrogens is 1. The fourth-order valence-electron chi connectivity index (χ4n) is 1.96. The minimum atomic E-state index is -0.233. The molecule has 1 amide bonds. The van der Waals surface area contributed by atoms with Crippen LogP contribution in [0.5, 0.6) is 5.75 Å². The van der Waals surface area contributed by atoms with Crippen molar-refractivity contribution in [1.82, 2.24) is 4.98 Å². The summed E-state index contributed by atoms with van der Waals surface area (Å²) in [6.07, 6.45) is 1.73. The first-order valence-corrected chi connectivity index (χ1v) is 8.90. The van der Waals surface area contributed by atoms with Crippen LogP contribution in [0.2, 0.25) is 0 Å². The summed E-state index contributed by atoms with van der Waals surface area (Å²) in [5, 5.41) is 3.54. The Morgan fingerprint density at radius 3 is 2.52 bits per heavy atom. The van der Waals surface area contributed by atoms with Gasteiger partial charge in [0.05, 0.1) is 12.4 Å². The minimum absolute atomic E-state index is 0.0345. The zero-order valence-electron chi connectivity index (χ0n) is 13.2. The van der Waals surface area contributed by atoms with Crippen molar-refractivity contribution in [3.05, 3.63) is 47.1 Å². The molecule has 0 aliphatic heterocycles. The van der Waals surface area contributed by atoms with Crippen LogP contribution in [0.3, 0.4) is 0 Å². The Bertz CT molecular complexity index is 662. The van der Waals surface area contributed by atoms with E-state index in [1.165, 1.54) is 11.8 Å². The number of hydrogen-bond donors (Lipinski definition) is 1. The molecular formula is C17H19BrN2O2S. The number of amides is 1. The number of methoxy groups -OCH3 is 1. The van der Waals surface area contributed by atoms with Crippen molar-refractivity contribution < 1.29 is 9.53 Å². The number of ether oxygens (including phenoxy) is 1. The number of thioether (sulfide) groups is 1. The Balaban J connectivity index is 2.10. The molecule has 2 rings (SSSR count). The molecule has 0 aliphatic carbocycles. The first-order chi connectivity index (χ1) is 11.0. The Labute approximate surface area is 149 Å². The second-order valence-electron chi connectivity index (χ2n) is 5.29. The molecule has 0 saturated carbocycles. The smallest absolute Gasteiger partial charge is 0.238 e. The summed E-state index contributed by atoms with van der Waals surface area (Å²) >= 11 is 4.94. The minimum Gasteiger partial charge on any atom is -0.497 e. The number of carbonyl (C=O) groups is 1. The van der Waals surface area contributed by atoms with Gasteiger partial charge in [-0.25, -0.2) is 4.98 Å². The summed E-state index contributed by atoms with van der Waals surface area (Å²) in [5.41, 5.74) is 0.752. The van der Waals surface area contributed by atoms with Gasteiger partial charge in [0.15, 0.2) is 0 Å². The number of carbonyl (C=O) groups excluding carboxylic acids is 1. The molecule has 6 heteroatoms. The highest BCUT2D eigenvalue weighted by Gasteiger charge is 2.25. The molecule has 1 aromatic heterocycles. The molecule has 1 heterocycles. The van der Waals surface area contributed by atoms with Gasteiger partial charge in [0.25, 0.3) is 0 Å². The molecule has 0 spiro atoms. The molecule has 0 fully saturated rings. The zero-order chi connectivity index (χ0) is 16.8. The van der Waals surface area contributed by atoms with Gasteiger partial charge in [0.1, 0.15) is 10.8 Å². The first kappa shape index (κ1) is 17.8. The predicted octanol–water partition coefficient (Wildman–Crippen LogP) is 4.61. The third-order valence-corrected chi connectivity index (χ3v) is 5.65. The Kier molecular flexibility index (Phi) is 6.47. The lowest BCUT2D eigenvalue weighted by Crippen LogP contribution is -2.29. The van der Waals surface area contributed by atoms with Gasteiger partial charge in [0, 0.05) is 16.4 Å². The fourth-order valence-corrected chi connectivity index (χ4v) is 3.47. The number of nitrogens with zero attached hydrogens (tertiary/aromatic N) is 1. The topological polar surface area (TPSA) is 51.2 Å². The number of nitrogens with one attached hydrogen (secondary N) is 1. The third kappa shape index (κ3) is 4.97. The zero-order valence-corrected chi connectivity index (χ0v) is 15.6. The van der Waals surface area contributed by atoms with E-state index in [1.54, 1.807) is 13.3 Å². The van der Waals surface area contributed by atoms with Crippen LogP contribution >= 0.6 is 27.7 Å². The second kappa shape index (κ2) is 8.36. The molecular weight excluding hydrogens is 376 g/mol. The second-order valence-corrected chi connectivity index (χ2v) is 7.28. The van der Waals surface area contributed by atoms with Crippen LogP contribution in [0.4, 0.5) is 5.69 Å². The largest absolute Gasteiger partial charge is 0.497 e. The van der Waals surface area contributed by atoms with Crippen molar-refractivity contribution in [1.29, 1.82) is 0 Å².